The lowest BCUT2D eigenvalue weighted by molar-refractivity contribution is 0.841. The van der Waals surface area contributed by atoms with E-state index >= 15 is 0 Å². The zero-order valence-corrected chi connectivity index (χ0v) is 10.4. The van der Waals surface area contributed by atoms with E-state index in [0.29, 0.717) is 12.5 Å². The van der Waals surface area contributed by atoms with E-state index < -0.39 is 0 Å². The first kappa shape index (κ1) is 10.6. The summed E-state index contributed by atoms with van der Waals surface area (Å²) in [6, 6.07) is 7.61. The molecule has 2 N–H and O–H groups in total. The van der Waals surface area contributed by atoms with Crippen molar-refractivity contribution in [1.29, 1.82) is 0 Å². The third-order valence-corrected chi connectivity index (χ3v) is 3.69. The van der Waals surface area contributed by atoms with Gasteiger partial charge in [-0.15, -0.1) is 11.3 Å². The van der Waals surface area contributed by atoms with Crippen LogP contribution in [-0.2, 0) is 6.54 Å². The SMILES string of the molecule is Nc1nc2cccnc2n1Cc1ccc(Cl)s1. The van der Waals surface area contributed by atoms with Gasteiger partial charge in [0.2, 0.25) is 5.95 Å². The highest BCUT2D eigenvalue weighted by molar-refractivity contribution is 7.16. The number of rotatable bonds is 2. The van der Waals surface area contributed by atoms with Crippen LogP contribution in [-0.4, -0.2) is 14.5 Å². The Kier molecular flexibility index (Phi) is 2.49. The zero-order chi connectivity index (χ0) is 11.8. The van der Waals surface area contributed by atoms with Crippen LogP contribution in [0.1, 0.15) is 4.88 Å². The molecule has 3 aromatic heterocycles. The Morgan fingerprint density at radius 2 is 2.24 bits per heavy atom. The predicted octanol–water partition coefficient (Wildman–Crippen LogP) is 2.78. The highest BCUT2D eigenvalue weighted by Gasteiger charge is 2.09. The summed E-state index contributed by atoms with van der Waals surface area (Å²) in [5.41, 5.74) is 7.50. The molecule has 86 valence electrons. The maximum atomic E-state index is 5.91. The maximum absolute atomic E-state index is 5.91. The molecular formula is C11H9ClN4S. The van der Waals surface area contributed by atoms with Crippen LogP contribution in [0.3, 0.4) is 0 Å². The molecule has 6 heteroatoms. The van der Waals surface area contributed by atoms with Crippen LogP contribution in [0.2, 0.25) is 4.34 Å². The Morgan fingerprint density at radius 1 is 1.35 bits per heavy atom. The van der Waals surface area contributed by atoms with Crippen molar-refractivity contribution in [3.8, 4) is 0 Å². The quantitative estimate of drug-likeness (QED) is 0.774. The standard InChI is InChI=1S/C11H9ClN4S/c12-9-4-3-7(17-9)6-16-10-8(15-11(16)13)2-1-5-14-10/h1-5H,6H2,(H2,13,15). The van der Waals surface area contributed by atoms with Gasteiger partial charge >= 0.3 is 0 Å². The molecule has 3 heterocycles. The van der Waals surface area contributed by atoms with Gasteiger partial charge in [0.25, 0.3) is 0 Å². The van der Waals surface area contributed by atoms with Gasteiger partial charge in [0.05, 0.1) is 10.9 Å². The average molecular weight is 265 g/mol. The van der Waals surface area contributed by atoms with Crippen molar-refractivity contribution in [2.45, 2.75) is 6.54 Å². The van der Waals surface area contributed by atoms with Gasteiger partial charge in [-0.1, -0.05) is 11.6 Å². The minimum Gasteiger partial charge on any atom is -0.369 e. The Bertz CT molecular complexity index is 673. The molecule has 0 aliphatic carbocycles. The van der Waals surface area contributed by atoms with Crippen molar-refractivity contribution < 1.29 is 0 Å². The van der Waals surface area contributed by atoms with E-state index in [1.165, 1.54) is 11.3 Å². The van der Waals surface area contributed by atoms with Crippen LogP contribution in [0, 0.1) is 0 Å². The summed E-state index contributed by atoms with van der Waals surface area (Å²) in [6.45, 7) is 0.650. The van der Waals surface area contributed by atoms with Crippen molar-refractivity contribution in [3.63, 3.8) is 0 Å². The minimum absolute atomic E-state index is 0.475. The molecule has 0 fully saturated rings. The molecule has 0 spiro atoms. The van der Waals surface area contributed by atoms with Crippen LogP contribution < -0.4 is 5.73 Å². The lowest BCUT2D eigenvalue weighted by atomic mass is 10.4. The van der Waals surface area contributed by atoms with Crippen LogP contribution in [0.15, 0.2) is 30.5 Å². The van der Waals surface area contributed by atoms with Crippen LogP contribution >= 0.6 is 22.9 Å². The first-order valence-electron chi connectivity index (χ1n) is 5.05. The summed E-state index contributed by atoms with van der Waals surface area (Å²) in [7, 11) is 0. The van der Waals surface area contributed by atoms with Crippen molar-refractivity contribution in [2.75, 3.05) is 5.73 Å². The molecule has 3 aromatic rings. The number of thiophene rings is 1. The Labute approximate surface area is 107 Å². The van der Waals surface area contributed by atoms with Crippen LogP contribution in [0.5, 0.6) is 0 Å². The van der Waals surface area contributed by atoms with E-state index in [1.54, 1.807) is 6.20 Å². The molecule has 0 unspecified atom stereocenters. The molecule has 0 atom stereocenters. The smallest absolute Gasteiger partial charge is 0.202 e. The minimum atomic E-state index is 0.475. The monoisotopic (exact) mass is 264 g/mol. The van der Waals surface area contributed by atoms with Crippen molar-refractivity contribution in [2.24, 2.45) is 0 Å². The number of imidazole rings is 1. The van der Waals surface area contributed by atoms with E-state index in [2.05, 4.69) is 9.97 Å². The normalized spacial score (nSPS) is 11.1. The number of hydrogen-bond acceptors (Lipinski definition) is 4. The largest absolute Gasteiger partial charge is 0.369 e. The Balaban J connectivity index is 2.08. The van der Waals surface area contributed by atoms with E-state index in [1.807, 2.05) is 28.8 Å². The number of hydrogen-bond donors (Lipinski definition) is 1. The maximum Gasteiger partial charge on any atom is 0.202 e. The number of pyridine rings is 1. The number of fused-ring (bicyclic) bond motifs is 1. The third-order valence-electron chi connectivity index (χ3n) is 2.48. The number of nitrogens with two attached hydrogens (primary N) is 1. The second-order valence-corrected chi connectivity index (χ2v) is 5.41. The second-order valence-electron chi connectivity index (χ2n) is 3.61. The van der Waals surface area contributed by atoms with Gasteiger partial charge in [0, 0.05) is 11.1 Å². The predicted molar refractivity (Wildman–Crippen MR) is 70.4 cm³/mol. The van der Waals surface area contributed by atoms with Crippen molar-refractivity contribution >= 4 is 40.0 Å². The van der Waals surface area contributed by atoms with E-state index in [0.717, 1.165) is 20.4 Å². The van der Waals surface area contributed by atoms with E-state index in [9.17, 15) is 0 Å². The lowest BCUT2D eigenvalue weighted by Crippen LogP contribution is -2.04. The Hall–Kier alpha value is -1.59. The molecular weight excluding hydrogens is 256 g/mol. The molecule has 0 amide bonds. The number of anilines is 1. The van der Waals surface area contributed by atoms with Gasteiger partial charge in [0.15, 0.2) is 5.65 Å². The first-order valence-corrected chi connectivity index (χ1v) is 6.24. The fourth-order valence-corrected chi connectivity index (χ4v) is 2.80. The molecule has 3 rings (SSSR count). The average Bonchev–Trinajstić information content (AvgIpc) is 2.85. The fourth-order valence-electron chi connectivity index (χ4n) is 1.72. The zero-order valence-electron chi connectivity index (χ0n) is 8.80. The number of nitrogen functional groups attached to an aromatic ring is 1. The molecule has 0 aromatic carbocycles. The number of nitrogens with zero attached hydrogens (tertiary/aromatic N) is 3. The third kappa shape index (κ3) is 1.87. The number of aromatic nitrogens is 3. The molecule has 0 aliphatic rings. The summed E-state index contributed by atoms with van der Waals surface area (Å²) in [5.74, 6) is 0.475. The second kappa shape index (κ2) is 4.01. The highest BCUT2D eigenvalue weighted by atomic mass is 35.5. The van der Waals surface area contributed by atoms with E-state index in [4.69, 9.17) is 17.3 Å². The van der Waals surface area contributed by atoms with Crippen LogP contribution in [0.4, 0.5) is 5.95 Å². The molecule has 4 nitrogen and oxygen atoms in total. The van der Waals surface area contributed by atoms with Gasteiger partial charge in [0.1, 0.15) is 5.52 Å². The molecule has 0 aliphatic heterocycles. The van der Waals surface area contributed by atoms with Gasteiger partial charge in [-0.3, -0.25) is 4.57 Å². The summed E-state index contributed by atoms with van der Waals surface area (Å²) < 4.78 is 2.66. The van der Waals surface area contributed by atoms with Crippen molar-refractivity contribution in [3.05, 3.63) is 39.7 Å². The van der Waals surface area contributed by atoms with Crippen molar-refractivity contribution in [1.82, 2.24) is 14.5 Å². The first-order chi connectivity index (χ1) is 8.24. The highest BCUT2D eigenvalue weighted by Crippen LogP contribution is 2.24. The fraction of sp³-hybridized carbons (Fsp3) is 0.0909. The Morgan fingerprint density at radius 3 is 3.00 bits per heavy atom. The van der Waals surface area contributed by atoms with Gasteiger partial charge in [-0.05, 0) is 24.3 Å². The summed E-state index contributed by atoms with van der Waals surface area (Å²) >= 11 is 7.44. The molecule has 0 radical (unpaired) electrons. The molecule has 0 saturated heterocycles. The molecule has 0 saturated carbocycles. The molecule has 0 bridgehead atoms. The van der Waals surface area contributed by atoms with Gasteiger partial charge in [-0.2, -0.15) is 0 Å². The summed E-state index contributed by atoms with van der Waals surface area (Å²) in [4.78, 5) is 9.69. The number of halogens is 1. The van der Waals surface area contributed by atoms with E-state index in [-0.39, 0.29) is 0 Å². The summed E-state index contributed by atoms with van der Waals surface area (Å²) in [6.07, 6.45) is 1.74. The van der Waals surface area contributed by atoms with Gasteiger partial charge in [-0.25, -0.2) is 9.97 Å². The van der Waals surface area contributed by atoms with Crippen LogP contribution in [0.25, 0.3) is 11.2 Å². The van der Waals surface area contributed by atoms with Gasteiger partial charge < -0.3 is 5.73 Å². The lowest BCUT2D eigenvalue weighted by Gasteiger charge is -2.02. The topological polar surface area (TPSA) is 56.7 Å². The summed E-state index contributed by atoms with van der Waals surface area (Å²) in [5, 5.41) is 0. The molecule has 17 heavy (non-hydrogen) atoms.